The molecule has 0 bridgehead atoms. The monoisotopic (exact) mass is 233 g/mol. The Morgan fingerprint density at radius 3 is 2.53 bits per heavy atom. The van der Waals surface area contributed by atoms with Gasteiger partial charge < -0.3 is 10.4 Å². The van der Waals surface area contributed by atoms with Gasteiger partial charge in [-0.2, -0.15) is 0 Å². The van der Waals surface area contributed by atoms with Crippen LogP contribution in [0.4, 0.5) is 5.69 Å². The van der Waals surface area contributed by atoms with Crippen molar-refractivity contribution in [2.24, 2.45) is 0 Å². The van der Waals surface area contributed by atoms with Crippen LogP contribution in [0.1, 0.15) is 43.7 Å². The summed E-state index contributed by atoms with van der Waals surface area (Å²) in [4.78, 5) is 0. The molecule has 0 atom stereocenters. The molecule has 0 heterocycles. The molecular formula is C15H23NO. The molecule has 0 unspecified atom stereocenters. The molecule has 0 spiro atoms. The van der Waals surface area contributed by atoms with E-state index in [0.717, 1.165) is 32.1 Å². The highest BCUT2D eigenvalue weighted by atomic mass is 16.3. The third kappa shape index (κ3) is 3.22. The molecule has 1 aliphatic carbocycles. The maximum absolute atomic E-state index is 9.48. The number of aliphatic hydroxyl groups is 1. The van der Waals surface area contributed by atoms with Crippen molar-refractivity contribution in [3.05, 3.63) is 29.3 Å². The third-order valence-corrected chi connectivity index (χ3v) is 3.79. The van der Waals surface area contributed by atoms with Gasteiger partial charge in [-0.1, -0.05) is 13.0 Å². The summed E-state index contributed by atoms with van der Waals surface area (Å²) < 4.78 is 0. The number of nitrogens with one attached hydrogen (secondary N) is 1. The van der Waals surface area contributed by atoms with Crippen molar-refractivity contribution in [2.45, 2.75) is 58.1 Å². The van der Waals surface area contributed by atoms with E-state index in [9.17, 15) is 5.11 Å². The van der Waals surface area contributed by atoms with Crippen LogP contribution in [-0.4, -0.2) is 17.3 Å². The predicted molar refractivity (Wildman–Crippen MR) is 72.4 cm³/mol. The Morgan fingerprint density at radius 1 is 1.24 bits per heavy atom. The molecule has 1 aromatic carbocycles. The minimum Gasteiger partial charge on any atom is -0.393 e. The number of aryl methyl sites for hydroxylation is 2. The Bertz CT molecular complexity index is 367. The minimum atomic E-state index is -0.0720. The van der Waals surface area contributed by atoms with Crippen molar-refractivity contribution in [3.8, 4) is 0 Å². The fourth-order valence-electron chi connectivity index (χ4n) is 2.64. The molecule has 1 aliphatic rings. The Hall–Kier alpha value is -1.02. The van der Waals surface area contributed by atoms with E-state index in [1.807, 2.05) is 0 Å². The van der Waals surface area contributed by atoms with Crippen LogP contribution in [0.2, 0.25) is 0 Å². The lowest BCUT2D eigenvalue weighted by Gasteiger charge is -2.27. The third-order valence-electron chi connectivity index (χ3n) is 3.79. The molecule has 2 nitrogen and oxygen atoms in total. The molecule has 2 heteroatoms. The summed E-state index contributed by atoms with van der Waals surface area (Å²) in [6.07, 6.45) is 5.05. The van der Waals surface area contributed by atoms with Gasteiger partial charge in [-0.25, -0.2) is 0 Å². The highest BCUT2D eigenvalue weighted by Crippen LogP contribution is 2.23. The van der Waals surface area contributed by atoms with Crippen LogP contribution in [0.5, 0.6) is 0 Å². The molecule has 2 rings (SSSR count). The van der Waals surface area contributed by atoms with Crippen LogP contribution in [0.25, 0.3) is 0 Å². The number of hydrogen-bond acceptors (Lipinski definition) is 2. The fraction of sp³-hybridized carbons (Fsp3) is 0.600. The molecule has 0 radical (unpaired) electrons. The number of rotatable bonds is 3. The summed E-state index contributed by atoms with van der Waals surface area (Å²) in [7, 11) is 0. The molecule has 1 saturated carbocycles. The fourth-order valence-corrected chi connectivity index (χ4v) is 2.64. The molecular weight excluding hydrogens is 210 g/mol. The molecule has 94 valence electrons. The van der Waals surface area contributed by atoms with E-state index < -0.39 is 0 Å². The largest absolute Gasteiger partial charge is 0.393 e. The van der Waals surface area contributed by atoms with E-state index in [4.69, 9.17) is 0 Å². The van der Waals surface area contributed by atoms with Gasteiger partial charge >= 0.3 is 0 Å². The zero-order valence-corrected chi connectivity index (χ0v) is 10.9. The van der Waals surface area contributed by atoms with Crippen molar-refractivity contribution < 1.29 is 5.11 Å². The first kappa shape index (κ1) is 12.4. The molecule has 2 N–H and O–H groups in total. The summed E-state index contributed by atoms with van der Waals surface area (Å²) in [5.74, 6) is 0. The van der Waals surface area contributed by atoms with Crippen molar-refractivity contribution in [1.82, 2.24) is 0 Å². The summed E-state index contributed by atoms with van der Waals surface area (Å²) in [6.45, 7) is 4.37. The Kier molecular flexibility index (Phi) is 4.06. The summed E-state index contributed by atoms with van der Waals surface area (Å²) >= 11 is 0. The Balaban J connectivity index is 1.97. The number of anilines is 1. The maximum atomic E-state index is 9.48. The van der Waals surface area contributed by atoms with Crippen molar-refractivity contribution in [3.63, 3.8) is 0 Å². The number of aliphatic hydroxyl groups excluding tert-OH is 1. The van der Waals surface area contributed by atoms with Crippen molar-refractivity contribution >= 4 is 5.69 Å². The normalized spacial score (nSPS) is 24.6. The van der Waals surface area contributed by atoms with Crippen LogP contribution >= 0.6 is 0 Å². The van der Waals surface area contributed by atoms with Gasteiger partial charge in [-0.15, -0.1) is 0 Å². The highest BCUT2D eigenvalue weighted by Gasteiger charge is 2.18. The zero-order chi connectivity index (χ0) is 12.3. The van der Waals surface area contributed by atoms with Crippen molar-refractivity contribution in [2.75, 3.05) is 5.32 Å². The maximum Gasteiger partial charge on any atom is 0.0541 e. The summed E-state index contributed by atoms with van der Waals surface area (Å²) in [6, 6.07) is 7.17. The van der Waals surface area contributed by atoms with E-state index in [1.54, 1.807) is 0 Å². The van der Waals surface area contributed by atoms with Gasteiger partial charge in [0.1, 0.15) is 0 Å². The van der Waals surface area contributed by atoms with E-state index >= 15 is 0 Å². The van der Waals surface area contributed by atoms with Gasteiger partial charge in [-0.3, -0.25) is 0 Å². The molecule has 0 amide bonds. The zero-order valence-electron chi connectivity index (χ0n) is 10.9. The standard InChI is InChI=1S/C15H23NO/c1-3-12-4-5-14(10-11(12)2)16-13-6-8-15(17)9-7-13/h4-5,10,13,15-17H,3,6-9H2,1-2H3. The minimum absolute atomic E-state index is 0.0720. The van der Waals surface area contributed by atoms with Crippen LogP contribution < -0.4 is 5.32 Å². The number of benzene rings is 1. The lowest BCUT2D eigenvalue weighted by atomic mass is 9.93. The molecule has 0 aliphatic heterocycles. The van der Waals surface area contributed by atoms with Gasteiger partial charge in [0.2, 0.25) is 0 Å². The quantitative estimate of drug-likeness (QED) is 0.839. The molecule has 0 saturated heterocycles. The second kappa shape index (κ2) is 5.54. The first-order valence-electron chi connectivity index (χ1n) is 6.73. The Labute approximate surface area is 104 Å². The second-order valence-electron chi connectivity index (χ2n) is 5.14. The van der Waals surface area contributed by atoms with Crippen LogP contribution in [-0.2, 0) is 6.42 Å². The second-order valence-corrected chi connectivity index (χ2v) is 5.14. The lowest BCUT2D eigenvalue weighted by molar-refractivity contribution is 0.126. The average Bonchev–Trinajstić information content (AvgIpc) is 2.32. The van der Waals surface area contributed by atoms with Crippen LogP contribution in [0.3, 0.4) is 0 Å². The smallest absolute Gasteiger partial charge is 0.0541 e. The highest BCUT2D eigenvalue weighted by molar-refractivity contribution is 5.49. The van der Waals surface area contributed by atoms with Gasteiger partial charge in [-0.05, 0) is 62.3 Å². The van der Waals surface area contributed by atoms with Gasteiger partial charge in [0.05, 0.1) is 6.10 Å². The van der Waals surface area contributed by atoms with Crippen molar-refractivity contribution in [1.29, 1.82) is 0 Å². The van der Waals surface area contributed by atoms with Crippen LogP contribution in [0, 0.1) is 6.92 Å². The lowest BCUT2D eigenvalue weighted by Crippen LogP contribution is -2.28. The summed E-state index contributed by atoms with van der Waals surface area (Å²) in [5, 5.41) is 13.1. The summed E-state index contributed by atoms with van der Waals surface area (Å²) in [5.41, 5.74) is 4.02. The van der Waals surface area contributed by atoms with E-state index in [0.29, 0.717) is 6.04 Å². The first-order valence-corrected chi connectivity index (χ1v) is 6.73. The first-order chi connectivity index (χ1) is 8.19. The Morgan fingerprint density at radius 2 is 1.94 bits per heavy atom. The van der Waals surface area contributed by atoms with Crippen LogP contribution in [0.15, 0.2) is 18.2 Å². The SMILES string of the molecule is CCc1ccc(NC2CCC(O)CC2)cc1C. The molecule has 17 heavy (non-hydrogen) atoms. The van der Waals surface area contributed by atoms with E-state index in [2.05, 4.69) is 37.4 Å². The van der Waals surface area contributed by atoms with Gasteiger partial charge in [0.15, 0.2) is 0 Å². The number of hydrogen-bond donors (Lipinski definition) is 2. The van der Waals surface area contributed by atoms with E-state index in [-0.39, 0.29) is 6.10 Å². The van der Waals surface area contributed by atoms with E-state index in [1.165, 1.54) is 16.8 Å². The molecule has 0 aromatic heterocycles. The van der Waals surface area contributed by atoms with Gasteiger partial charge in [0, 0.05) is 11.7 Å². The molecule has 1 aromatic rings. The topological polar surface area (TPSA) is 32.3 Å². The predicted octanol–water partition coefficient (Wildman–Crippen LogP) is 3.27. The molecule has 1 fully saturated rings. The van der Waals surface area contributed by atoms with Gasteiger partial charge in [0.25, 0.3) is 0 Å². The average molecular weight is 233 g/mol.